The van der Waals surface area contributed by atoms with Crippen LogP contribution in [0.4, 0.5) is 14.5 Å². The Labute approximate surface area is 182 Å². The number of hydrogen-bond donors (Lipinski definition) is 1. The number of benzene rings is 2. The highest BCUT2D eigenvalue weighted by atomic mass is 32.2. The molecule has 10 heteroatoms. The molecule has 1 heterocycles. The van der Waals surface area contributed by atoms with Gasteiger partial charge in [-0.1, -0.05) is 23.9 Å². The lowest BCUT2D eigenvalue weighted by atomic mass is 10.3. The van der Waals surface area contributed by atoms with Gasteiger partial charge in [-0.2, -0.15) is 0 Å². The van der Waals surface area contributed by atoms with E-state index in [1.165, 1.54) is 6.07 Å². The fourth-order valence-electron chi connectivity index (χ4n) is 2.78. The second kappa shape index (κ2) is 9.78. The Kier molecular flexibility index (Phi) is 7.11. The number of aromatic nitrogens is 3. The number of nitrogens with zero attached hydrogens (tertiary/aromatic N) is 3. The molecule has 0 radical (unpaired) electrons. The van der Waals surface area contributed by atoms with Gasteiger partial charge in [0.05, 0.1) is 18.0 Å². The van der Waals surface area contributed by atoms with Crippen LogP contribution in [0.2, 0.25) is 0 Å². The average Bonchev–Trinajstić information content (AvgIpc) is 3.10. The molecule has 2 atom stereocenters. The summed E-state index contributed by atoms with van der Waals surface area (Å²) in [5.41, 5.74) is -0.0867. The minimum absolute atomic E-state index is 0.0867. The van der Waals surface area contributed by atoms with Crippen molar-refractivity contribution in [3.8, 4) is 11.5 Å². The second-order valence-corrected chi connectivity index (χ2v) is 7.99. The number of hydrogen-bond acceptors (Lipinski definition) is 6. The molecule has 7 nitrogen and oxygen atoms in total. The van der Waals surface area contributed by atoms with E-state index in [-0.39, 0.29) is 5.69 Å². The quantitative estimate of drug-likeness (QED) is 0.516. The predicted molar refractivity (Wildman–Crippen MR) is 113 cm³/mol. The molecule has 3 rings (SSSR count). The molecule has 2 unspecified atom stereocenters. The maximum Gasteiger partial charge on any atom is 0.237 e. The predicted octanol–water partition coefficient (Wildman–Crippen LogP) is 4.36. The van der Waals surface area contributed by atoms with Gasteiger partial charge in [-0.15, -0.1) is 10.2 Å². The first-order valence-electron chi connectivity index (χ1n) is 9.41. The van der Waals surface area contributed by atoms with Gasteiger partial charge in [0.1, 0.15) is 11.6 Å². The van der Waals surface area contributed by atoms with Gasteiger partial charge in [-0.25, -0.2) is 8.78 Å². The van der Waals surface area contributed by atoms with Gasteiger partial charge in [-0.05, 0) is 38.1 Å². The zero-order valence-electron chi connectivity index (χ0n) is 17.4. The standard InChI is InChI=1S/C21H22F2N4O3S/c1-12(30-18-8-6-5-7-17(18)29-4)19-25-26-21(27(19)3)31-13(2)20(28)24-16-10-9-14(22)11-15(16)23/h5-13H,1-4H3,(H,24,28). The van der Waals surface area contributed by atoms with E-state index in [0.717, 1.165) is 17.8 Å². The molecule has 0 spiro atoms. The van der Waals surface area contributed by atoms with Crippen LogP contribution in [0.25, 0.3) is 0 Å². The lowest BCUT2D eigenvalue weighted by Crippen LogP contribution is -2.23. The zero-order valence-corrected chi connectivity index (χ0v) is 18.2. The highest BCUT2D eigenvalue weighted by molar-refractivity contribution is 8.00. The Balaban J connectivity index is 1.67. The van der Waals surface area contributed by atoms with Gasteiger partial charge in [0.2, 0.25) is 5.91 Å². The summed E-state index contributed by atoms with van der Waals surface area (Å²) in [6.07, 6.45) is -0.430. The maximum absolute atomic E-state index is 13.8. The summed E-state index contributed by atoms with van der Waals surface area (Å²) in [4.78, 5) is 12.4. The third kappa shape index (κ3) is 5.32. The first-order valence-corrected chi connectivity index (χ1v) is 10.3. The van der Waals surface area contributed by atoms with Crippen molar-refractivity contribution in [3.05, 3.63) is 59.9 Å². The molecule has 0 aliphatic carbocycles. The minimum atomic E-state index is -0.839. The number of anilines is 1. The molecule has 0 aliphatic rings. The lowest BCUT2D eigenvalue weighted by Gasteiger charge is -2.16. The number of thioether (sulfide) groups is 1. The number of amides is 1. The van der Waals surface area contributed by atoms with Crippen LogP contribution in [0.3, 0.4) is 0 Å². The molecule has 0 saturated heterocycles. The number of methoxy groups -OCH3 is 1. The highest BCUT2D eigenvalue weighted by Gasteiger charge is 2.23. The molecule has 1 amide bonds. The summed E-state index contributed by atoms with van der Waals surface area (Å²) in [6, 6.07) is 10.2. The van der Waals surface area contributed by atoms with E-state index in [1.54, 1.807) is 37.8 Å². The van der Waals surface area contributed by atoms with Gasteiger partial charge >= 0.3 is 0 Å². The van der Waals surface area contributed by atoms with E-state index in [4.69, 9.17) is 9.47 Å². The van der Waals surface area contributed by atoms with Crippen molar-refractivity contribution >= 4 is 23.4 Å². The van der Waals surface area contributed by atoms with E-state index < -0.39 is 28.9 Å². The number of carbonyl (C=O) groups is 1. The summed E-state index contributed by atoms with van der Waals surface area (Å²) in [7, 11) is 3.33. The Hall–Kier alpha value is -3.14. The summed E-state index contributed by atoms with van der Waals surface area (Å²) >= 11 is 1.16. The van der Waals surface area contributed by atoms with Crippen LogP contribution in [0.15, 0.2) is 47.6 Å². The Morgan fingerprint density at radius 2 is 1.84 bits per heavy atom. The van der Waals surface area contributed by atoms with E-state index >= 15 is 0 Å². The number of rotatable bonds is 8. The van der Waals surface area contributed by atoms with Crippen LogP contribution >= 0.6 is 11.8 Å². The van der Waals surface area contributed by atoms with Crippen molar-refractivity contribution in [2.45, 2.75) is 30.4 Å². The smallest absolute Gasteiger partial charge is 0.237 e. The minimum Gasteiger partial charge on any atom is -0.493 e. The van der Waals surface area contributed by atoms with Gasteiger partial charge in [-0.3, -0.25) is 4.79 Å². The Morgan fingerprint density at radius 1 is 1.13 bits per heavy atom. The summed E-state index contributed by atoms with van der Waals surface area (Å²) in [5, 5.41) is 10.7. The molecule has 1 aromatic heterocycles. The van der Waals surface area contributed by atoms with Crippen LogP contribution in [-0.4, -0.2) is 33.0 Å². The number of nitrogens with one attached hydrogen (secondary N) is 1. The zero-order chi connectivity index (χ0) is 22.5. The Morgan fingerprint density at radius 3 is 2.52 bits per heavy atom. The maximum atomic E-state index is 13.8. The molecule has 0 fully saturated rings. The third-order valence-electron chi connectivity index (χ3n) is 4.45. The van der Waals surface area contributed by atoms with E-state index in [0.29, 0.717) is 28.5 Å². The molecule has 164 valence electrons. The topological polar surface area (TPSA) is 78.3 Å². The van der Waals surface area contributed by atoms with Crippen LogP contribution in [0.5, 0.6) is 11.5 Å². The lowest BCUT2D eigenvalue weighted by molar-refractivity contribution is -0.115. The first kappa shape index (κ1) is 22.5. The van der Waals surface area contributed by atoms with E-state index in [9.17, 15) is 13.6 Å². The van der Waals surface area contributed by atoms with Gasteiger partial charge in [0.25, 0.3) is 0 Å². The van der Waals surface area contributed by atoms with Crippen LogP contribution < -0.4 is 14.8 Å². The van der Waals surface area contributed by atoms with Crippen molar-refractivity contribution < 1.29 is 23.0 Å². The van der Waals surface area contributed by atoms with Crippen LogP contribution in [0, 0.1) is 11.6 Å². The molecule has 0 aliphatic heterocycles. The Bertz CT molecular complexity index is 1080. The summed E-state index contributed by atoms with van der Waals surface area (Å²) in [6.45, 7) is 3.49. The molecule has 3 aromatic rings. The molecular weight excluding hydrogens is 426 g/mol. The van der Waals surface area contributed by atoms with Crippen LogP contribution in [0.1, 0.15) is 25.8 Å². The SMILES string of the molecule is COc1ccccc1OC(C)c1nnc(SC(C)C(=O)Nc2ccc(F)cc2F)n1C. The van der Waals surface area contributed by atoms with Gasteiger partial charge in [0, 0.05) is 13.1 Å². The van der Waals surface area contributed by atoms with Crippen molar-refractivity contribution in [2.24, 2.45) is 7.05 Å². The number of carbonyl (C=O) groups excluding carboxylic acids is 1. The van der Waals surface area contributed by atoms with Crippen molar-refractivity contribution in [3.63, 3.8) is 0 Å². The van der Waals surface area contributed by atoms with E-state index in [1.807, 2.05) is 19.1 Å². The second-order valence-electron chi connectivity index (χ2n) is 6.68. The average molecular weight is 448 g/mol. The third-order valence-corrected chi connectivity index (χ3v) is 5.58. The molecule has 1 N–H and O–H groups in total. The molecule has 2 aromatic carbocycles. The highest BCUT2D eigenvalue weighted by Crippen LogP contribution is 2.31. The molecule has 0 bridgehead atoms. The monoisotopic (exact) mass is 448 g/mol. The molecular formula is C21H22F2N4O3S. The fraction of sp³-hybridized carbons (Fsp3) is 0.286. The summed E-state index contributed by atoms with van der Waals surface area (Å²) in [5.74, 6) is -0.264. The van der Waals surface area contributed by atoms with Crippen molar-refractivity contribution in [1.82, 2.24) is 14.8 Å². The molecule has 31 heavy (non-hydrogen) atoms. The van der Waals surface area contributed by atoms with E-state index in [2.05, 4.69) is 15.5 Å². The summed E-state index contributed by atoms with van der Waals surface area (Å²) < 4.78 is 39.8. The van der Waals surface area contributed by atoms with Crippen LogP contribution in [-0.2, 0) is 11.8 Å². The normalized spacial score (nSPS) is 12.8. The van der Waals surface area contributed by atoms with Crippen molar-refractivity contribution in [2.75, 3.05) is 12.4 Å². The number of ether oxygens (including phenoxy) is 2. The molecule has 0 saturated carbocycles. The fourth-order valence-corrected chi connectivity index (χ4v) is 3.60. The first-order chi connectivity index (χ1) is 14.8. The number of para-hydroxylation sites is 2. The van der Waals surface area contributed by atoms with Gasteiger partial charge < -0.3 is 19.4 Å². The van der Waals surface area contributed by atoms with Crippen molar-refractivity contribution in [1.29, 1.82) is 0 Å². The number of halogens is 2. The largest absolute Gasteiger partial charge is 0.493 e. The van der Waals surface area contributed by atoms with Gasteiger partial charge in [0.15, 0.2) is 28.6 Å².